The molecule has 0 unspecified atom stereocenters. The van der Waals surface area contributed by atoms with Gasteiger partial charge in [0.2, 0.25) is 0 Å². The standard InChI is InChI=1S/C17H19F3N4O3/c1-11-13(16(26)23(2)8-4-5-15(25)27-3)10-22-24(11)14-7-6-12(9-21-14)17(18,19)20/h6-7,9-10H,4-5,8H2,1-3H3. The molecule has 0 saturated heterocycles. The van der Waals surface area contributed by atoms with Crippen LogP contribution in [0, 0.1) is 6.92 Å². The van der Waals surface area contributed by atoms with Crippen molar-refractivity contribution >= 4 is 11.9 Å². The van der Waals surface area contributed by atoms with Crippen LogP contribution in [0.5, 0.6) is 0 Å². The molecule has 2 heterocycles. The Hall–Kier alpha value is -2.91. The molecule has 0 aromatic carbocycles. The summed E-state index contributed by atoms with van der Waals surface area (Å²) in [5.74, 6) is -0.489. The number of alkyl halides is 3. The molecule has 2 rings (SSSR count). The molecule has 0 aliphatic carbocycles. The Labute approximate surface area is 153 Å². The highest BCUT2D eigenvalue weighted by atomic mass is 19.4. The summed E-state index contributed by atoms with van der Waals surface area (Å²) >= 11 is 0. The lowest BCUT2D eigenvalue weighted by molar-refractivity contribution is -0.141. The number of hydrogen-bond acceptors (Lipinski definition) is 5. The number of methoxy groups -OCH3 is 1. The number of esters is 1. The van der Waals surface area contributed by atoms with E-state index >= 15 is 0 Å². The third-order valence-electron chi connectivity index (χ3n) is 3.98. The summed E-state index contributed by atoms with van der Waals surface area (Å²) in [6.45, 7) is 1.97. The topological polar surface area (TPSA) is 77.3 Å². The van der Waals surface area contributed by atoms with E-state index in [-0.39, 0.29) is 24.1 Å². The van der Waals surface area contributed by atoms with Crippen molar-refractivity contribution in [2.75, 3.05) is 20.7 Å². The van der Waals surface area contributed by atoms with Crippen LogP contribution in [-0.2, 0) is 15.7 Å². The molecule has 7 nitrogen and oxygen atoms in total. The van der Waals surface area contributed by atoms with Gasteiger partial charge in [-0.1, -0.05) is 0 Å². The quantitative estimate of drug-likeness (QED) is 0.716. The number of aromatic nitrogens is 3. The molecule has 2 aromatic rings. The van der Waals surface area contributed by atoms with Crippen LogP contribution in [0.15, 0.2) is 24.5 Å². The van der Waals surface area contributed by atoms with Crippen LogP contribution < -0.4 is 0 Å². The predicted octanol–water partition coefficient (Wildman–Crippen LogP) is 2.62. The molecule has 1 amide bonds. The molecule has 0 radical (unpaired) electrons. The third kappa shape index (κ3) is 4.83. The molecule has 0 spiro atoms. The summed E-state index contributed by atoms with van der Waals surface area (Å²) in [5.41, 5.74) is -0.109. The number of carbonyl (C=O) groups excluding carboxylic acids is 2. The molecule has 0 aliphatic rings. The zero-order chi connectivity index (χ0) is 20.2. The van der Waals surface area contributed by atoms with Crippen LogP contribution in [0.1, 0.15) is 34.5 Å². The molecule has 0 fully saturated rings. The number of hydrogen-bond donors (Lipinski definition) is 0. The number of pyridine rings is 1. The van der Waals surface area contributed by atoms with Gasteiger partial charge in [0.25, 0.3) is 5.91 Å². The highest BCUT2D eigenvalue weighted by Gasteiger charge is 2.31. The maximum absolute atomic E-state index is 12.6. The number of halogens is 3. The van der Waals surface area contributed by atoms with Crippen LogP contribution in [-0.4, -0.2) is 52.2 Å². The molecular weight excluding hydrogens is 365 g/mol. The number of ether oxygens (including phenoxy) is 1. The fourth-order valence-electron chi connectivity index (χ4n) is 2.40. The van der Waals surface area contributed by atoms with Crippen LogP contribution in [0.25, 0.3) is 5.82 Å². The van der Waals surface area contributed by atoms with E-state index in [0.29, 0.717) is 24.2 Å². The molecule has 0 bridgehead atoms. The van der Waals surface area contributed by atoms with Crippen LogP contribution >= 0.6 is 0 Å². The Morgan fingerprint density at radius 3 is 2.52 bits per heavy atom. The van der Waals surface area contributed by atoms with E-state index in [0.717, 1.165) is 12.3 Å². The van der Waals surface area contributed by atoms with E-state index in [4.69, 9.17) is 0 Å². The Bertz CT molecular complexity index is 816. The van der Waals surface area contributed by atoms with Crippen molar-refractivity contribution in [3.8, 4) is 5.82 Å². The summed E-state index contributed by atoms with van der Waals surface area (Å²) in [4.78, 5) is 28.9. The Morgan fingerprint density at radius 1 is 1.26 bits per heavy atom. The smallest absolute Gasteiger partial charge is 0.417 e. The monoisotopic (exact) mass is 384 g/mol. The van der Waals surface area contributed by atoms with E-state index < -0.39 is 11.7 Å². The fraction of sp³-hybridized carbons (Fsp3) is 0.412. The average Bonchev–Trinajstić information content (AvgIpc) is 3.01. The largest absolute Gasteiger partial charge is 0.469 e. The van der Waals surface area contributed by atoms with Gasteiger partial charge in [-0.2, -0.15) is 18.3 Å². The van der Waals surface area contributed by atoms with Crippen molar-refractivity contribution in [2.45, 2.75) is 25.9 Å². The van der Waals surface area contributed by atoms with Gasteiger partial charge in [-0.15, -0.1) is 0 Å². The summed E-state index contributed by atoms with van der Waals surface area (Å²) in [5, 5.41) is 4.05. The molecule has 27 heavy (non-hydrogen) atoms. The van der Waals surface area contributed by atoms with Gasteiger partial charge >= 0.3 is 12.1 Å². The zero-order valence-electron chi connectivity index (χ0n) is 15.1. The summed E-state index contributed by atoms with van der Waals surface area (Å²) < 4.78 is 43.7. The van der Waals surface area contributed by atoms with E-state index in [1.165, 1.54) is 29.0 Å². The Balaban J connectivity index is 2.12. The second-order valence-corrected chi connectivity index (χ2v) is 5.86. The molecule has 0 saturated carbocycles. The summed E-state index contributed by atoms with van der Waals surface area (Å²) in [6, 6.07) is 2.10. The Kier molecular flexibility index (Phi) is 6.19. The number of amides is 1. The SMILES string of the molecule is COC(=O)CCCN(C)C(=O)c1cnn(-c2ccc(C(F)(F)F)cn2)c1C. The lowest BCUT2D eigenvalue weighted by Crippen LogP contribution is -2.28. The lowest BCUT2D eigenvalue weighted by Gasteiger charge is -2.16. The van der Waals surface area contributed by atoms with Crippen molar-refractivity contribution in [3.63, 3.8) is 0 Å². The molecule has 10 heteroatoms. The molecule has 2 aromatic heterocycles. The maximum Gasteiger partial charge on any atom is 0.417 e. The highest BCUT2D eigenvalue weighted by molar-refractivity contribution is 5.95. The molecule has 146 valence electrons. The van der Waals surface area contributed by atoms with Gasteiger partial charge in [0.05, 0.1) is 30.1 Å². The van der Waals surface area contributed by atoms with E-state index in [2.05, 4.69) is 14.8 Å². The first-order valence-corrected chi connectivity index (χ1v) is 8.05. The maximum atomic E-state index is 12.6. The minimum absolute atomic E-state index is 0.174. The first-order valence-electron chi connectivity index (χ1n) is 8.05. The van der Waals surface area contributed by atoms with Gasteiger partial charge in [-0.25, -0.2) is 9.67 Å². The van der Waals surface area contributed by atoms with Gasteiger partial charge in [0.15, 0.2) is 5.82 Å². The van der Waals surface area contributed by atoms with Crippen LogP contribution in [0.3, 0.4) is 0 Å². The first-order chi connectivity index (χ1) is 12.6. The van der Waals surface area contributed by atoms with Crippen molar-refractivity contribution in [2.24, 2.45) is 0 Å². The lowest BCUT2D eigenvalue weighted by atomic mass is 10.2. The summed E-state index contributed by atoms with van der Waals surface area (Å²) in [6.07, 6.45) is -1.77. The van der Waals surface area contributed by atoms with Gasteiger partial charge in [-0.05, 0) is 25.5 Å². The van der Waals surface area contributed by atoms with Crippen molar-refractivity contribution in [3.05, 3.63) is 41.3 Å². The molecule has 0 N–H and O–H groups in total. The molecule has 0 aliphatic heterocycles. The van der Waals surface area contributed by atoms with Crippen LogP contribution in [0.4, 0.5) is 13.2 Å². The zero-order valence-corrected chi connectivity index (χ0v) is 15.1. The van der Waals surface area contributed by atoms with Gasteiger partial charge in [0, 0.05) is 26.2 Å². The minimum Gasteiger partial charge on any atom is -0.469 e. The highest BCUT2D eigenvalue weighted by Crippen LogP contribution is 2.28. The summed E-state index contributed by atoms with van der Waals surface area (Å²) in [7, 11) is 2.89. The molecule has 0 atom stereocenters. The van der Waals surface area contributed by atoms with Crippen molar-refractivity contribution in [1.82, 2.24) is 19.7 Å². The second-order valence-electron chi connectivity index (χ2n) is 5.86. The van der Waals surface area contributed by atoms with Crippen molar-refractivity contribution in [1.29, 1.82) is 0 Å². The van der Waals surface area contributed by atoms with Crippen molar-refractivity contribution < 1.29 is 27.5 Å². The first kappa shape index (κ1) is 20.4. The van der Waals surface area contributed by atoms with E-state index in [1.54, 1.807) is 14.0 Å². The van der Waals surface area contributed by atoms with Gasteiger partial charge < -0.3 is 9.64 Å². The Morgan fingerprint density at radius 2 is 1.96 bits per heavy atom. The second kappa shape index (κ2) is 8.19. The van der Waals surface area contributed by atoms with E-state index in [1.807, 2.05) is 0 Å². The molecular formula is C17H19F3N4O3. The normalized spacial score (nSPS) is 11.3. The van der Waals surface area contributed by atoms with Gasteiger partial charge in [-0.3, -0.25) is 9.59 Å². The number of nitrogens with zero attached hydrogens (tertiary/aromatic N) is 4. The number of carbonyl (C=O) groups is 2. The van der Waals surface area contributed by atoms with E-state index in [9.17, 15) is 22.8 Å². The average molecular weight is 384 g/mol. The van der Waals surface area contributed by atoms with Crippen LogP contribution in [0.2, 0.25) is 0 Å². The minimum atomic E-state index is -4.47. The number of rotatable bonds is 6. The fourth-order valence-corrected chi connectivity index (χ4v) is 2.40. The third-order valence-corrected chi connectivity index (χ3v) is 3.98. The van der Waals surface area contributed by atoms with Gasteiger partial charge in [0.1, 0.15) is 0 Å². The predicted molar refractivity (Wildman–Crippen MR) is 89.3 cm³/mol.